The molecule has 7 nitrogen and oxygen atoms in total. The third-order valence-corrected chi connectivity index (χ3v) is 6.55. The minimum Gasteiger partial charge on any atom is -0.488 e. The van der Waals surface area contributed by atoms with Crippen LogP contribution in [-0.2, 0) is 20.9 Å². The number of nitrogens with zero attached hydrogens (tertiary/aromatic N) is 2. The van der Waals surface area contributed by atoms with E-state index in [-0.39, 0.29) is 17.4 Å². The Bertz CT molecular complexity index is 1050. The molecule has 0 radical (unpaired) electrons. The minimum absolute atomic E-state index is 0.250. The van der Waals surface area contributed by atoms with E-state index in [4.69, 9.17) is 9.47 Å². The van der Waals surface area contributed by atoms with Crippen molar-refractivity contribution in [2.24, 2.45) is 0 Å². The molecule has 0 N–H and O–H groups in total. The summed E-state index contributed by atoms with van der Waals surface area (Å²) in [5, 5.41) is -0.440. The molecule has 3 amide bonds. The normalized spacial score (nSPS) is 17.8. The largest absolute Gasteiger partial charge is 0.488 e. The molecule has 2 fully saturated rings. The molecule has 9 heteroatoms. The summed E-state index contributed by atoms with van der Waals surface area (Å²) in [7, 11) is 0. The lowest BCUT2D eigenvalue weighted by Crippen LogP contribution is -2.46. The van der Waals surface area contributed by atoms with Gasteiger partial charge in [0, 0.05) is 13.1 Å². The molecule has 2 heterocycles. The molecule has 0 saturated carbocycles. The molecule has 2 aliphatic rings. The monoisotopic (exact) mass is 516 g/mol. The molecule has 2 aromatic rings. The molecule has 0 aromatic heterocycles. The van der Waals surface area contributed by atoms with Crippen LogP contribution in [0.15, 0.2) is 57.9 Å². The van der Waals surface area contributed by atoms with Gasteiger partial charge in [0.1, 0.15) is 18.9 Å². The second-order valence-corrected chi connectivity index (χ2v) is 9.07. The van der Waals surface area contributed by atoms with Crippen molar-refractivity contribution in [2.75, 3.05) is 32.8 Å². The van der Waals surface area contributed by atoms with Gasteiger partial charge in [-0.15, -0.1) is 0 Å². The van der Waals surface area contributed by atoms with Gasteiger partial charge in [0.2, 0.25) is 5.91 Å². The molecule has 0 atom stereocenters. The fraction of sp³-hybridized carbons (Fsp3) is 0.261. The summed E-state index contributed by atoms with van der Waals surface area (Å²) in [5.41, 5.74) is 1.80. The van der Waals surface area contributed by atoms with Crippen LogP contribution in [-0.4, -0.2) is 59.7 Å². The van der Waals surface area contributed by atoms with Gasteiger partial charge in [-0.05, 0) is 57.0 Å². The molecule has 2 aliphatic heterocycles. The van der Waals surface area contributed by atoms with E-state index in [1.54, 1.807) is 11.0 Å². The van der Waals surface area contributed by atoms with Gasteiger partial charge in [-0.25, -0.2) is 0 Å². The van der Waals surface area contributed by atoms with Gasteiger partial charge >= 0.3 is 0 Å². The van der Waals surface area contributed by atoms with Crippen molar-refractivity contribution in [1.82, 2.24) is 9.80 Å². The van der Waals surface area contributed by atoms with E-state index in [2.05, 4.69) is 15.9 Å². The first-order chi connectivity index (χ1) is 15.5. The van der Waals surface area contributed by atoms with E-state index in [1.165, 1.54) is 0 Å². The Morgan fingerprint density at radius 2 is 1.88 bits per heavy atom. The number of ether oxygens (including phenoxy) is 2. The van der Waals surface area contributed by atoms with Crippen molar-refractivity contribution in [2.45, 2.75) is 6.61 Å². The highest BCUT2D eigenvalue weighted by molar-refractivity contribution is 9.10. The van der Waals surface area contributed by atoms with Gasteiger partial charge in [-0.2, -0.15) is 0 Å². The van der Waals surface area contributed by atoms with Gasteiger partial charge in [0.05, 0.1) is 22.6 Å². The first-order valence-electron chi connectivity index (χ1n) is 10.1. The van der Waals surface area contributed by atoms with E-state index in [9.17, 15) is 14.4 Å². The summed E-state index contributed by atoms with van der Waals surface area (Å²) >= 11 is 4.34. The van der Waals surface area contributed by atoms with Crippen LogP contribution in [0, 0.1) is 0 Å². The van der Waals surface area contributed by atoms with Crippen LogP contribution in [0.25, 0.3) is 6.08 Å². The zero-order valence-electron chi connectivity index (χ0n) is 17.2. The summed E-state index contributed by atoms with van der Waals surface area (Å²) in [6.07, 6.45) is 1.65. The van der Waals surface area contributed by atoms with E-state index >= 15 is 0 Å². The van der Waals surface area contributed by atoms with Gasteiger partial charge in [0.25, 0.3) is 11.1 Å². The third-order valence-electron chi connectivity index (χ3n) is 5.02. The molecule has 0 aliphatic carbocycles. The Kier molecular flexibility index (Phi) is 7.29. The van der Waals surface area contributed by atoms with E-state index in [0.29, 0.717) is 38.7 Å². The highest BCUT2D eigenvalue weighted by atomic mass is 79.9. The van der Waals surface area contributed by atoms with Crippen LogP contribution in [0.5, 0.6) is 5.75 Å². The van der Waals surface area contributed by atoms with Crippen molar-refractivity contribution < 1.29 is 23.9 Å². The van der Waals surface area contributed by atoms with Crippen molar-refractivity contribution >= 4 is 50.8 Å². The van der Waals surface area contributed by atoms with E-state index in [0.717, 1.165) is 32.3 Å². The van der Waals surface area contributed by atoms with Crippen LogP contribution < -0.4 is 4.74 Å². The Balaban J connectivity index is 1.40. The number of rotatable bonds is 6. The summed E-state index contributed by atoms with van der Waals surface area (Å²) in [6.45, 7) is 2.06. The number of halogens is 1. The number of hydrogen-bond donors (Lipinski definition) is 0. The smallest absolute Gasteiger partial charge is 0.294 e. The fourth-order valence-corrected chi connectivity index (χ4v) is 4.64. The maximum absolute atomic E-state index is 12.7. The zero-order valence-corrected chi connectivity index (χ0v) is 19.6. The topological polar surface area (TPSA) is 76.2 Å². The summed E-state index contributed by atoms with van der Waals surface area (Å²) in [5.74, 6) is -0.0307. The lowest BCUT2D eigenvalue weighted by atomic mass is 10.2. The third kappa shape index (κ3) is 5.40. The lowest BCUT2D eigenvalue weighted by Gasteiger charge is -2.28. The average molecular weight is 517 g/mol. The summed E-state index contributed by atoms with van der Waals surface area (Å²) in [4.78, 5) is 40.4. The minimum atomic E-state index is -0.456. The summed E-state index contributed by atoms with van der Waals surface area (Å²) in [6, 6.07) is 15.3. The Labute approximate surface area is 198 Å². The fourth-order valence-electron chi connectivity index (χ4n) is 3.29. The van der Waals surface area contributed by atoms with Gasteiger partial charge in [-0.1, -0.05) is 36.4 Å². The van der Waals surface area contributed by atoms with Gasteiger partial charge in [-0.3, -0.25) is 19.3 Å². The Morgan fingerprint density at radius 1 is 1.12 bits per heavy atom. The highest BCUT2D eigenvalue weighted by Gasteiger charge is 2.37. The Morgan fingerprint density at radius 3 is 2.59 bits per heavy atom. The van der Waals surface area contributed by atoms with E-state index in [1.807, 2.05) is 48.5 Å². The van der Waals surface area contributed by atoms with Crippen LogP contribution in [0.1, 0.15) is 11.1 Å². The predicted molar refractivity (Wildman–Crippen MR) is 125 cm³/mol. The van der Waals surface area contributed by atoms with Crippen molar-refractivity contribution in [3.05, 3.63) is 69.0 Å². The zero-order chi connectivity index (χ0) is 22.5. The van der Waals surface area contributed by atoms with Gasteiger partial charge < -0.3 is 14.4 Å². The highest BCUT2D eigenvalue weighted by Crippen LogP contribution is 2.34. The average Bonchev–Trinajstić information content (AvgIpc) is 3.07. The second-order valence-electron chi connectivity index (χ2n) is 7.23. The molecular formula is C23H21BrN2O5S. The Hall–Kier alpha value is -2.62. The molecule has 0 unspecified atom stereocenters. The van der Waals surface area contributed by atoms with Crippen molar-refractivity contribution in [1.29, 1.82) is 0 Å². The number of benzene rings is 2. The molecule has 2 aromatic carbocycles. The quantitative estimate of drug-likeness (QED) is 0.541. The van der Waals surface area contributed by atoms with Crippen LogP contribution in [0.3, 0.4) is 0 Å². The number of imide groups is 1. The molecule has 2 saturated heterocycles. The van der Waals surface area contributed by atoms with Crippen LogP contribution >= 0.6 is 27.7 Å². The number of carbonyl (C=O) groups excluding carboxylic acids is 3. The number of hydrogen-bond acceptors (Lipinski definition) is 6. The van der Waals surface area contributed by atoms with E-state index < -0.39 is 11.1 Å². The number of carbonyl (C=O) groups is 3. The number of morpholine rings is 1. The summed E-state index contributed by atoms with van der Waals surface area (Å²) < 4.78 is 11.8. The first kappa shape index (κ1) is 22.6. The predicted octanol–water partition coefficient (Wildman–Crippen LogP) is 3.92. The SMILES string of the molecule is O=C(CN1C(=O)S/C(=C/c2ccc(OCc3ccccc3)c(Br)c2)C1=O)N1CCOCC1. The lowest BCUT2D eigenvalue weighted by molar-refractivity contribution is -0.139. The standard InChI is InChI=1S/C23H21BrN2O5S/c24-18-12-17(6-7-19(18)31-15-16-4-2-1-3-5-16)13-20-22(28)26(23(29)32-20)14-21(27)25-8-10-30-11-9-25/h1-7,12-13H,8-11,14-15H2/b20-13+. The van der Waals surface area contributed by atoms with Crippen LogP contribution in [0.4, 0.5) is 4.79 Å². The maximum Gasteiger partial charge on any atom is 0.294 e. The number of amides is 3. The van der Waals surface area contributed by atoms with Gasteiger partial charge in [0.15, 0.2) is 0 Å². The molecular weight excluding hydrogens is 496 g/mol. The molecule has 32 heavy (non-hydrogen) atoms. The van der Waals surface area contributed by atoms with Crippen LogP contribution in [0.2, 0.25) is 0 Å². The number of thioether (sulfide) groups is 1. The molecule has 4 rings (SSSR count). The molecule has 0 bridgehead atoms. The van der Waals surface area contributed by atoms with Crippen molar-refractivity contribution in [3.63, 3.8) is 0 Å². The molecule has 0 spiro atoms. The second kappa shape index (κ2) is 10.3. The molecule has 166 valence electrons. The first-order valence-corrected chi connectivity index (χ1v) is 11.7. The maximum atomic E-state index is 12.7. The van der Waals surface area contributed by atoms with Crippen molar-refractivity contribution in [3.8, 4) is 5.75 Å².